The lowest BCUT2D eigenvalue weighted by atomic mass is 10.0. The first-order valence-electron chi connectivity index (χ1n) is 9.70. The van der Waals surface area contributed by atoms with Gasteiger partial charge in [-0.3, -0.25) is 9.59 Å². The van der Waals surface area contributed by atoms with E-state index in [2.05, 4.69) is 19.2 Å². The topological polar surface area (TPSA) is 67.9 Å². The Morgan fingerprint density at radius 2 is 1.66 bits per heavy atom. The van der Waals surface area contributed by atoms with Crippen LogP contribution in [0.3, 0.4) is 0 Å². The molecular weight excluding hydrogens is 368 g/mol. The maximum absolute atomic E-state index is 12.3. The van der Waals surface area contributed by atoms with Crippen LogP contribution in [0.5, 0.6) is 11.5 Å². The van der Waals surface area contributed by atoms with Crippen molar-refractivity contribution in [2.45, 2.75) is 39.7 Å². The van der Waals surface area contributed by atoms with E-state index >= 15 is 0 Å². The van der Waals surface area contributed by atoms with E-state index in [-0.39, 0.29) is 18.2 Å². The summed E-state index contributed by atoms with van der Waals surface area (Å²) in [6.45, 7) is 6.49. The zero-order valence-electron chi connectivity index (χ0n) is 17.8. The summed E-state index contributed by atoms with van der Waals surface area (Å²) in [5.41, 5.74) is 2.89. The highest BCUT2D eigenvalue weighted by Gasteiger charge is 2.14. The van der Waals surface area contributed by atoms with E-state index in [0.29, 0.717) is 30.5 Å². The van der Waals surface area contributed by atoms with Crippen LogP contribution in [-0.4, -0.2) is 37.5 Å². The number of carbonyl (C=O) groups excluding carboxylic acids is 2. The predicted octanol–water partition coefficient (Wildman–Crippen LogP) is 4.20. The molecule has 0 aromatic heterocycles. The highest BCUT2D eigenvalue weighted by Crippen LogP contribution is 2.28. The van der Waals surface area contributed by atoms with Gasteiger partial charge in [0.25, 0.3) is 0 Å². The summed E-state index contributed by atoms with van der Waals surface area (Å²) in [5, 5.41) is 2.89. The molecule has 0 saturated carbocycles. The molecule has 2 aromatic rings. The average Bonchev–Trinajstić information content (AvgIpc) is 2.71. The summed E-state index contributed by atoms with van der Waals surface area (Å²) >= 11 is 0. The van der Waals surface area contributed by atoms with Gasteiger partial charge in [-0.2, -0.15) is 0 Å². The van der Waals surface area contributed by atoms with Crippen LogP contribution in [-0.2, 0) is 16.1 Å². The number of amides is 2. The lowest BCUT2D eigenvalue weighted by molar-refractivity contribution is -0.129. The first-order valence-corrected chi connectivity index (χ1v) is 9.70. The molecule has 1 N–H and O–H groups in total. The van der Waals surface area contributed by atoms with Crippen molar-refractivity contribution < 1.29 is 19.1 Å². The molecule has 0 bridgehead atoms. The minimum Gasteiger partial charge on any atom is -0.493 e. The number of ether oxygens (including phenoxy) is 2. The highest BCUT2D eigenvalue weighted by molar-refractivity contribution is 5.91. The Hall–Kier alpha value is -3.02. The molecule has 0 atom stereocenters. The summed E-state index contributed by atoms with van der Waals surface area (Å²) in [6.07, 6.45) is 0.221. The van der Waals surface area contributed by atoms with Crippen molar-refractivity contribution >= 4 is 17.5 Å². The summed E-state index contributed by atoms with van der Waals surface area (Å²) in [5.74, 6) is 1.47. The Bertz CT molecular complexity index is 831. The van der Waals surface area contributed by atoms with Gasteiger partial charge in [0.1, 0.15) is 0 Å². The fraction of sp³-hybridized carbons (Fsp3) is 0.391. The number of anilines is 1. The molecule has 156 valence electrons. The van der Waals surface area contributed by atoms with Crippen LogP contribution in [0.15, 0.2) is 42.5 Å². The van der Waals surface area contributed by atoms with Gasteiger partial charge in [-0.05, 0) is 41.3 Å². The Labute approximate surface area is 172 Å². The van der Waals surface area contributed by atoms with Crippen molar-refractivity contribution in [3.8, 4) is 11.5 Å². The normalized spacial score (nSPS) is 10.6. The van der Waals surface area contributed by atoms with Crippen LogP contribution in [0.4, 0.5) is 5.69 Å². The van der Waals surface area contributed by atoms with Gasteiger partial charge in [0.2, 0.25) is 11.8 Å². The second-order valence-corrected chi connectivity index (χ2v) is 7.20. The lowest BCUT2D eigenvalue weighted by Crippen LogP contribution is -2.31. The summed E-state index contributed by atoms with van der Waals surface area (Å²) in [4.78, 5) is 26.0. The van der Waals surface area contributed by atoms with Gasteiger partial charge in [0, 0.05) is 32.1 Å². The number of rotatable bonds is 9. The Morgan fingerprint density at radius 3 is 2.21 bits per heavy atom. The van der Waals surface area contributed by atoms with E-state index in [0.717, 1.165) is 11.3 Å². The van der Waals surface area contributed by atoms with E-state index in [4.69, 9.17) is 9.47 Å². The second-order valence-electron chi connectivity index (χ2n) is 7.20. The van der Waals surface area contributed by atoms with E-state index in [1.807, 2.05) is 36.4 Å². The molecule has 0 aliphatic rings. The third-order valence-electron chi connectivity index (χ3n) is 4.74. The summed E-state index contributed by atoms with van der Waals surface area (Å²) in [6, 6.07) is 13.4. The van der Waals surface area contributed by atoms with Crippen molar-refractivity contribution in [2.75, 3.05) is 26.1 Å². The summed E-state index contributed by atoms with van der Waals surface area (Å²) < 4.78 is 10.6. The molecule has 0 fully saturated rings. The van der Waals surface area contributed by atoms with Crippen molar-refractivity contribution in [1.82, 2.24) is 4.90 Å². The molecule has 6 nitrogen and oxygen atoms in total. The molecule has 2 aromatic carbocycles. The molecule has 0 saturated heterocycles. The van der Waals surface area contributed by atoms with E-state index < -0.39 is 0 Å². The molecule has 29 heavy (non-hydrogen) atoms. The van der Waals surface area contributed by atoms with E-state index in [1.54, 1.807) is 25.2 Å². The Kier molecular flexibility index (Phi) is 8.07. The standard InChI is InChI=1S/C23H30N2O4/c1-16(2)19-7-9-20(10-8-19)24-23(27)12-13-25(17(3)26)15-18-6-11-21(28-4)22(14-18)29-5/h6-11,14,16H,12-13,15H2,1-5H3,(H,24,27). The maximum Gasteiger partial charge on any atom is 0.226 e. The van der Waals surface area contributed by atoms with Crippen LogP contribution in [0, 0.1) is 0 Å². The first kappa shape index (κ1) is 22.3. The number of nitrogens with zero attached hydrogens (tertiary/aromatic N) is 1. The third-order valence-corrected chi connectivity index (χ3v) is 4.74. The second kappa shape index (κ2) is 10.5. The molecular formula is C23H30N2O4. The third kappa shape index (κ3) is 6.52. The lowest BCUT2D eigenvalue weighted by Gasteiger charge is -2.21. The van der Waals surface area contributed by atoms with Gasteiger partial charge in [-0.15, -0.1) is 0 Å². The van der Waals surface area contributed by atoms with Crippen molar-refractivity contribution in [3.05, 3.63) is 53.6 Å². The van der Waals surface area contributed by atoms with Crippen molar-refractivity contribution in [3.63, 3.8) is 0 Å². The zero-order valence-corrected chi connectivity index (χ0v) is 17.8. The minimum atomic E-state index is -0.124. The van der Waals surface area contributed by atoms with Crippen LogP contribution in [0.1, 0.15) is 44.2 Å². The highest BCUT2D eigenvalue weighted by atomic mass is 16.5. The quantitative estimate of drug-likeness (QED) is 0.687. The number of benzene rings is 2. The fourth-order valence-corrected chi connectivity index (χ4v) is 2.96. The average molecular weight is 399 g/mol. The molecule has 0 heterocycles. The van der Waals surface area contributed by atoms with Crippen LogP contribution < -0.4 is 14.8 Å². The van der Waals surface area contributed by atoms with Crippen LogP contribution in [0.2, 0.25) is 0 Å². The largest absolute Gasteiger partial charge is 0.493 e. The van der Waals surface area contributed by atoms with E-state index in [9.17, 15) is 9.59 Å². The van der Waals surface area contributed by atoms with Crippen molar-refractivity contribution in [2.24, 2.45) is 0 Å². The number of hydrogen-bond acceptors (Lipinski definition) is 4. The predicted molar refractivity (Wildman–Crippen MR) is 114 cm³/mol. The Morgan fingerprint density at radius 1 is 1.00 bits per heavy atom. The molecule has 6 heteroatoms. The van der Waals surface area contributed by atoms with Gasteiger partial charge in [0.15, 0.2) is 11.5 Å². The first-order chi connectivity index (χ1) is 13.8. The zero-order chi connectivity index (χ0) is 21.4. The van der Waals surface area contributed by atoms with Gasteiger partial charge in [-0.25, -0.2) is 0 Å². The fourth-order valence-electron chi connectivity index (χ4n) is 2.96. The molecule has 0 aliphatic heterocycles. The summed E-state index contributed by atoms with van der Waals surface area (Å²) in [7, 11) is 3.15. The van der Waals surface area contributed by atoms with Gasteiger partial charge in [0.05, 0.1) is 14.2 Å². The Balaban J connectivity index is 1.95. The smallest absolute Gasteiger partial charge is 0.226 e. The van der Waals surface area contributed by atoms with Gasteiger partial charge in [-0.1, -0.05) is 32.0 Å². The minimum absolute atomic E-state index is 0.0890. The monoisotopic (exact) mass is 398 g/mol. The number of carbonyl (C=O) groups is 2. The van der Waals surface area contributed by atoms with Gasteiger partial charge >= 0.3 is 0 Å². The number of methoxy groups -OCH3 is 2. The van der Waals surface area contributed by atoms with Crippen LogP contribution >= 0.6 is 0 Å². The SMILES string of the molecule is COc1ccc(CN(CCC(=O)Nc2ccc(C(C)C)cc2)C(C)=O)cc1OC. The van der Waals surface area contributed by atoms with Gasteiger partial charge < -0.3 is 19.7 Å². The maximum atomic E-state index is 12.3. The molecule has 2 rings (SSSR count). The molecule has 0 spiro atoms. The number of hydrogen-bond donors (Lipinski definition) is 1. The number of nitrogens with one attached hydrogen (secondary N) is 1. The molecule has 0 unspecified atom stereocenters. The van der Waals surface area contributed by atoms with E-state index in [1.165, 1.54) is 12.5 Å². The molecule has 0 radical (unpaired) electrons. The van der Waals surface area contributed by atoms with Crippen molar-refractivity contribution in [1.29, 1.82) is 0 Å². The molecule has 2 amide bonds. The molecule has 0 aliphatic carbocycles. The van der Waals surface area contributed by atoms with Crippen LogP contribution in [0.25, 0.3) is 0 Å².